The molecule has 76 valence electrons. The highest BCUT2D eigenvalue weighted by Crippen LogP contribution is 2.29. The molecule has 0 saturated heterocycles. The Morgan fingerprint density at radius 3 is 2.71 bits per heavy atom. The van der Waals surface area contributed by atoms with Gasteiger partial charge in [-0.05, 0) is 30.2 Å². The molecule has 14 heavy (non-hydrogen) atoms. The molecule has 0 aliphatic rings. The van der Waals surface area contributed by atoms with Crippen molar-refractivity contribution in [2.75, 3.05) is 7.11 Å². The first-order valence-corrected chi connectivity index (χ1v) is 4.53. The van der Waals surface area contributed by atoms with Crippen molar-refractivity contribution >= 4 is 17.9 Å². The average molecular weight is 214 g/mol. The highest BCUT2D eigenvalue weighted by Gasteiger charge is 2.11. The lowest BCUT2D eigenvalue weighted by Gasteiger charge is -2.11. The van der Waals surface area contributed by atoms with E-state index < -0.39 is 6.04 Å². The number of benzene rings is 1. The summed E-state index contributed by atoms with van der Waals surface area (Å²) in [5.41, 5.74) is 7.21. The summed E-state index contributed by atoms with van der Waals surface area (Å²) in [5, 5.41) is 0.463. The molecule has 2 N–H and O–H groups in total. The molecule has 0 heterocycles. The second-order valence-corrected chi connectivity index (χ2v) is 3.41. The van der Waals surface area contributed by atoms with Gasteiger partial charge in [0.2, 0.25) is 0 Å². The SMILES string of the molecule is COc1cc(C)c(C(N)C=O)cc1Cl. The Morgan fingerprint density at radius 1 is 1.57 bits per heavy atom. The second kappa shape index (κ2) is 4.44. The molecule has 4 heteroatoms. The maximum atomic E-state index is 10.5. The van der Waals surface area contributed by atoms with E-state index in [0.29, 0.717) is 17.1 Å². The van der Waals surface area contributed by atoms with Crippen LogP contribution >= 0.6 is 11.6 Å². The molecular weight excluding hydrogens is 202 g/mol. The Labute approximate surface area is 87.8 Å². The molecule has 0 aliphatic carbocycles. The molecule has 0 spiro atoms. The van der Waals surface area contributed by atoms with Gasteiger partial charge in [0.15, 0.2) is 0 Å². The largest absolute Gasteiger partial charge is 0.495 e. The van der Waals surface area contributed by atoms with E-state index in [2.05, 4.69) is 0 Å². The van der Waals surface area contributed by atoms with Crippen LogP contribution in [0.5, 0.6) is 5.75 Å². The molecule has 1 atom stereocenters. The standard InChI is InChI=1S/C10H12ClNO2/c1-6-3-10(14-2)8(11)4-7(6)9(12)5-13/h3-5,9H,12H2,1-2H3. The number of halogens is 1. The summed E-state index contributed by atoms with van der Waals surface area (Å²) in [7, 11) is 1.54. The molecule has 1 unspecified atom stereocenters. The summed E-state index contributed by atoms with van der Waals surface area (Å²) >= 11 is 5.91. The van der Waals surface area contributed by atoms with E-state index >= 15 is 0 Å². The fourth-order valence-corrected chi connectivity index (χ4v) is 1.51. The zero-order valence-corrected chi connectivity index (χ0v) is 8.84. The normalized spacial score (nSPS) is 12.3. The number of carbonyl (C=O) groups excluding carboxylic acids is 1. The van der Waals surface area contributed by atoms with Crippen molar-refractivity contribution in [3.8, 4) is 5.75 Å². The van der Waals surface area contributed by atoms with Crippen LogP contribution in [0.25, 0.3) is 0 Å². The maximum Gasteiger partial charge on any atom is 0.141 e. The lowest BCUT2D eigenvalue weighted by molar-refractivity contribution is -0.109. The van der Waals surface area contributed by atoms with E-state index in [0.717, 1.165) is 11.1 Å². The summed E-state index contributed by atoms with van der Waals surface area (Å²) in [6.07, 6.45) is 0.686. The molecule has 0 fully saturated rings. The van der Waals surface area contributed by atoms with Gasteiger partial charge in [-0.3, -0.25) is 0 Å². The van der Waals surface area contributed by atoms with Gasteiger partial charge in [0.05, 0.1) is 18.2 Å². The topological polar surface area (TPSA) is 52.3 Å². The third-order valence-electron chi connectivity index (χ3n) is 2.05. The maximum absolute atomic E-state index is 10.5. The third kappa shape index (κ3) is 2.05. The number of rotatable bonds is 3. The van der Waals surface area contributed by atoms with Gasteiger partial charge in [-0.2, -0.15) is 0 Å². The summed E-state index contributed by atoms with van der Waals surface area (Å²) in [4.78, 5) is 10.5. The van der Waals surface area contributed by atoms with Crippen molar-refractivity contribution in [1.29, 1.82) is 0 Å². The molecule has 0 bridgehead atoms. The number of nitrogens with two attached hydrogens (primary N) is 1. The minimum atomic E-state index is -0.626. The summed E-state index contributed by atoms with van der Waals surface area (Å²) in [6, 6.07) is 2.80. The Bertz CT molecular complexity index is 352. The molecule has 0 aliphatic heterocycles. The Hall–Kier alpha value is -1.06. The van der Waals surface area contributed by atoms with Crippen molar-refractivity contribution in [1.82, 2.24) is 0 Å². The van der Waals surface area contributed by atoms with Crippen LogP contribution in [0.3, 0.4) is 0 Å². The van der Waals surface area contributed by atoms with Gasteiger partial charge in [0.1, 0.15) is 12.0 Å². The summed E-state index contributed by atoms with van der Waals surface area (Å²) in [5.74, 6) is 0.589. The van der Waals surface area contributed by atoms with Gasteiger partial charge < -0.3 is 15.3 Å². The van der Waals surface area contributed by atoms with Crippen LogP contribution in [0.4, 0.5) is 0 Å². The number of aldehydes is 1. The van der Waals surface area contributed by atoms with Crippen LogP contribution in [0.15, 0.2) is 12.1 Å². The van der Waals surface area contributed by atoms with Gasteiger partial charge in [-0.25, -0.2) is 0 Å². The number of carbonyl (C=O) groups is 1. The molecule has 3 nitrogen and oxygen atoms in total. The zero-order valence-electron chi connectivity index (χ0n) is 8.08. The van der Waals surface area contributed by atoms with Crippen LogP contribution < -0.4 is 10.5 Å². The monoisotopic (exact) mass is 213 g/mol. The van der Waals surface area contributed by atoms with Crippen LogP contribution in [0.1, 0.15) is 17.2 Å². The predicted octanol–water partition coefficient (Wildman–Crippen LogP) is 1.86. The fraction of sp³-hybridized carbons (Fsp3) is 0.300. The van der Waals surface area contributed by atoms with Crippen LogP contribution in [0.2, 0.25) is 5.02 Å². The average Bonchev–Trinajstić information content (AvgIpc) is 2.19. The first-order chi connectivity index (χ1) is 6.60. The van der Waals surface area contributed by atoms with Gasteiger partial charge in [-0.1, -0.05) is 11.6 Å². The fourth-order valence-electron chi connectivity index (χ4n) is 1.26. The number of hydrogen-bond acceptors (Lipinski definition) is 3. The van der Waals surface area contributed by atoms with Crippen LogP contribution in [-0.4, -0.2) is 13.4 Å². The number of methoxy groups -OCH3 is 1. The van der Waals surface area contributed by atoms with E-state index in [-0.39, 0.29) is 0 Å². The zero-order chi connectivity index (χ0) is 10.7. The first-order valence-electron chi connectivity index (χ1n) is 4.15. The molecule has 1 aromatic carbocycles. The van der Waals surface area contributed by atoms with Gasteiger partial charge >= 0.3 is 0 Å². The van der Waals surface area contributed by atoms with Gasteiger partial charge in [-0.15, -0.1) is 0 Å². The Kier molecular flexibility index (Phi) is 3.49. The number of aryl methyl sites for hydroxylation is 1. The Morgan fingerprint density at radius 2 is 2.21 bits per heavy atom. The van der Waals surface area contributed by atoms with Gasteiger partial charge in [0.25, 0.3) is 0 Å². The van der Waals surface area contributed by atoms with Gasteiger partial charge in [0, 0.05) is 0 Å². The minimum absolute atomic E-state index is 0.463. The van der Waals surface area contributed by atoms with E-state index in [1.54, 1.807) is 19.2 Å². The smallest absolute Gasteiger partial charge is 0.141 e. The molecule has 0 radical (unpaired) electrons. The molecule has 0 amide bonds. The van der Waals surface area contributed by atoms with Crippen molar-refractivity contribution < 1.29 is 9.53 Å². The first kappa shape index (κ1) is 11.0. The van der Waals surface area contributed by atoms with Crippen LogP contribution in [-0.2, 0) is 4.79 Å². The summed E-state index contributed by atoms with van der Waals surface area (Å²) < 4.78 is 5.03. The minimum Gasteiger partial charge on any atom is -0.495 e. The lowest BCUT2D eigenvalue weighted by atomic mass is 10.0. The number of hydrogen-bond donors (Lipinski definition) is 1. The highest BCUT2D eigenvalue weighted by atomic mass is 35.5. The van der Waals surface area contributed by atoms with Crippen molar-refractivity contribution in [3.63, 3.8) is 0 Å². The van der Waals surface area contributed by atoms with E-state index in [4.69, 9.17) is 22.1 Å². The van der Waals surface area contributed by atoms with E-state index in [1.165, 1.54) is 0 Å². The predicted molar refractivity (Wildman–Crippen MR) is 55.7 cm³/mol. The molecular formula is C10H12ClNO2. The molecule has 0 saturated carbocycles. The quantitative estimate of drug-likeness (QED) is 0.780. The summed E-state index contributed by atoms with van der Waals surface area (Å²) in [6.45, 7) is 1.86. The van der Waals surface area contributed by atoms with E-state index in [1.807, 2.05) is 6.92 Å². The molecule has 1 aromatic rings. The number of ether oxygens (including phenoxy) is 1. The van der Waals surface area contributed by atoms with E-state index in [9.17, 15) is 4.79 Å². The third-order valence-corrected chi connectivity index (χ3v) is 2.34. The van der Waals surface area contributed by atoms with Crippen molar-refractivity contribution in [2.45, 2.75) is 13.0 Å². The highest BCUT2D eigenvalue weighted by molar-refractivity contribution is 6.32. The Balaban J connectivity index is 3.21. The van der Waals surface area contributed by atoms with Crippen LogP contribution in [0, 0.1) is 6.92 Å². The van der Waals surface area contributed by atoms with Crippen molar-refractivity contribution in [2.24, 2.45) is 5.73 Å². The lowest BCUT2D eigenvalue weighted by Crippen LogP contribution is -2.12. The molecule has 1 rings (SSSR count). The second-order valence-electron chi connectivity index (χ2n) is 3.01. The van der Waals surface area contributed by atoms with Crippen molar-refractivity contribution in [3.05, 3.63) is 28.3 Å². The molecule has 0 aromatic heterocycles.